The Balaban J connectivity index is 1.70. The van der Waals surface area contributed by atoms with Crippen LogP contribution in [-0.2, 0) is 10.0 Å². The van der Waals surface area contributed by atoms with Crippen LogP contribution < -0.4 is 0 Å². The van der Waals surface area contributed by atoms with E-state index >= 15 is 0 Å². The summed E-state index contributed by atoms with van der Waals surface area (Å²) in [6, 6.07) is 12.1. The zero-order chi connectivity index (χ0) is 19.6. The fourth-order valence-corrected chi connectivity index (χ4v) is 4.43. The van der Waals surface area contributed by atoms with Crippen LogP contribution >= 0.6 is 0 Å². The molecule has 0 radical (unpaired) electrons. The molecule has 8 nitrogen and oxygen atoms in total. The van der Waals surface area contributed by atoms with E-state index in [2.05, 4.69) is 0 Å². The van der Waals surface area contributed by atoms with Crippen LogP contribution in [-0.4, -0.2) is 54.6 Å². The first-order chi connectivity index (χ1) is 12.8. The number of non-ortho nitro benzene ring substituents is 1. The van der Waals surface area contributed by atoms with Crippen LogP contribution in [0.1, 0.15) is 15.9 Å². The highest BCUT2D eigenvalue weighted by atomic mass is 32.2. The van der Waals surface area contributed by atoms with Gasteiger partial charge in [-0.25, -0.2) is 8.42 Å². The lowest BCUT2D eigenvalue weighted by molar-refractivity contribution is -0.384. The third kappa shape index (κ3) is 3.83. The van der Waals surface area contributed by atoms with Gasteiger partial charge in [-0.2, -0.15) is 4.31 Å². The quantitative estimate of drug-likeness (QED) is 0.588. The first-order valence-corrected chi connectivity index (χ1v) is 9.84. The third-order valence-electron chi connectivity index (χ3n) is 4.59. The van der Waals surface area contributed by atoms with Crippen LogP contribution in [0.3, 0.4) is 0 Å². The van der Waals surface area contributed by atoms with Crippen LogP contribution in [0.2, 0.25) is 0 Å². The molecule has 27 heavy (non-hydrogen) atoms. The van der Waals surface area contributed by atoms with Crippen molar-refractivity contribution in [3.63, 3.8) is 0 Å². The molecule has 0 saturated carbocycles. The Hall–Kier alpha value is -2.78. The number of aryl methyl sites for hydroxylation is 1. The lowest BCUT2D eigenvalue weighted by atomic mass is 10.1. The average molecular weight is 389 g/mol. The largest absolute Gasteiger partial charge is 0.336 e. The fourth-order valence-electron chi connectivity index (χ4n) is 3.00. The molecule has 9 heteroatoms. The van der Waals surface area contributed by atoms with E-state index in [1.165, 1.54) is 28.6 Å². The first kappa shape index (κ1) is 19.0. The second kappa shape index (κ2) is 7.45. The number of hydrogen-bond acceptors (Lipinski definition) is 5. The number of nitro groups is 1. The predicted molar refractivity (Wildman–Crippen MR) is 98.9 cm³/mol. The van der Waals surface area contributed by atoms with Crippen LogP contribution in [0.5, 0.6) is 0 Å². The Kier molecular flexibility index (Phi) is 5.24. The molecule has 3 rings (SSSR count). The molecule has 1 fully saturated rings. The van der Waals surface area contributed by atoms with Gasteiger partial charge in [-0.3, -0.25) is 14.9 Å². The summed E-state index contributed by atoms with van der Waals surface area (Å²) in [5.41, 5.74) is 1.33. The molecular weight excluding hydrogens is 370 g/mol. The van der Waals surface area contributed by atoms with Gasteiger partial charge in [-0.15, -0.1) is 0 Å². The summed E-state index contributed by atoms with van der Waals surface area (Å²) in [7, 11) is -3.75. The molecule has 1 amide bonds. The molecule has 1 saturated heterocycles. The maximum absolute atomic E-state index is 12.7. The molecule has 0 N–H and O–H groups in total. The molecule has 0 aromatic heterocycles. The summed E-state index contributed by atoms with van der Waals surface area (Å²) >= 11 is 0. The number of carbonyl (C=O) groups excluding carboxylic acids is 1. The number of hydrogen-bond donors (Lipinski definition) is 0. The van der Waals surface area contributed by atoms with Gasteiger partial charge in [0.15, 0.2) is 0 Å². The Morgan fingerprint density at radius 1 is 1.00 bits per heavy atom. The summed E-state index contributed by atoms with van der Waals surface area (Å²) in [6.45, 7) is 2.80. The van der Waals surface area contributed by atoms with Crippen molar-refractivity contribution in [1.29, 1.82) is 0 Å². The number of rotatable bonds is 4. The Bertz CT molecular complexity index is 965. The zero-order valence-electron chi connectivity index (χ0n) is 14.7. The topological polar surface area (TPSA) is 101 Å². The lowest BCUT2D eigenvalue weighted by Crippen LogP contribution is -2.50. The maximum atomic E-state index is 12.7. The van der Waals surface area contributed by atoms with Gasteiger partial charge < -0.3 is 4.90 Å². The van der Waals surface area contributed by atoms with Crippen LogP contribution in [0, 0.1) is 17.0 Å². The van der Waals surface area contributed by atoms with Crippen LogP contribution in [0.25, 0.3) is 0 Å². The lowest BCUT2D eigenvalue weighted by Gasteiger charge is -2.34. The molecule has 2 aromatic carbocycles. The van der Waals surface area contributed by atoms with Gasteiger partial charge in [0.25, 0.3) is 11.6 Å². The van der Waals surface area contributed by atoms with Crippen molar-refractivity contribution in [3.05, 3.63) is 69.8 Å². The second-order valence-electron chi connectivity index (χ2n) is 6.26. The van der Waals surface area contributed by atoms with Gasteiger partial charge in [0, 0.05) is 43.9 Å². The van der Waals surface area contributed by atoms with E-state index in [1.807, 2.05) is 19.1 Å². The number of carbonyl (C=O) groups is 1. The van der Waals surface area contributed by atoms with Crippen molar-refractivity contribution in [2.45, 2.75) is 11.8 Å². The van der Waals surface area contributed by atoms with Gasteiger partial charge >= 0.3 is 0 Å². The third-order valence-corrected chi connectivity index (χ3v) is 6.50. The van der Waals surface area contributed by atoms with Gasteiger partial charge in [0.2, 0.25) is 10.0 Å². The molecule has 0 unspecified atom stereocenters. The summed E-state index contributed by atoms with van der Waals surface area (Å²) < 4.78 is 26.7. The average Bonchev–Trinajstić information content (AvgIpc) is 2.68. The number of sulfonamides is 1. The van der Waals surface area contributed by atoms with Crippen LogP contribution in [0.15, 0.2) is 53.4 Å². The van der Waals surface area contributed by atoms with Crippen molar-refractivity contribution in [2.24, 2.45) is 0 Å². The smallest absolute Gasteiger partial charge is 0.269 e. The minimum absolute atomic E-state index is 0.00628. The normalized spacial score (nSPS) is 15.5. The van der Waals surface area contributed by atoms with Gasteiger partial charge in [0.1, 0.15) is 0 Å². The Morgan fingerprint density at radius 2 is 1.59 bits per heavy atom. The molecule has 0 bridgehead atoms. The summed E-state index contributed by atoms with van der Waals surface area (Å²) in [5.74, 6) is -0.111. The standard InChI is InChI=1S/C18H19N3O5S/c1-14-4-2-3-5-17(14)18(22)19-10-12-20(13-11-19)27(25,26)16-8-6-15(7-9-16)21(23)24/h2-9H,10-13H2,1H3. The van der Waals surface area contributed by atoms with E-state index < -0.39 is 14.9 Å². The van der Waals surface area contributed by atoms with Crippen molar-refractivity contribution in [1.82, 2.24) is 9.21 Å². The summed E-state index contributed by atoms with van der Waals surface area (Å²) in [6.07, 6.45) is 0. The molecule has 0 atom stereocenters. The minimum Gasteiger partial charge on any atom is -0.336 e. The highest BCUT2D eigenvalue weighted by Crippen LogP contribution is 2.21. The van der Waals surface area contributed by atoms with E-state index in [9.17, 15) is 23.3 Å². The highest BCUT2D eigenvalue weighted by Gasteiger charge is 2.31. The Labute approximate surface area is 157 Å². The molecule has 142 valence electrons. The Morgan fingerprint density at radius 3 is 2.15 bits per heavy atom. The summed E-state index contributed by atoms with van der Waals surface area (Å²) in [4.78, 5) is 24.4. The fraction of sp³-hybridized carbons (Fsp3) is 0.278. The number of nitro benzene ring substituents is 1. The monoisotopic (exact) mass is 389 g/mol. The number of nitrogens with zero attached hydrogens (tertiary/aromatic N) is 3. The zero-order valence-corrected chi connectivity index (χ0v) is 15.6. The minimum atomic E-state index is -3.75. The van der Waals surface area contributed by atoms with E-state index in [4.69, 9.17) is 0 Å². The number of piperazine rings is 1. The van der Waals surface area contributed by atoms with Crippen molar-refractivity contribution < 1.29 is 18.1 Å². The SMILES string of the molecule is Cc1ccccc1C(=O)N1CCN(S(=O)(=O)c2ccc([N+](=O)[O-])cc2)CC1. The number of benzene rings is 2. The molecule has 1 heterocycles. The molecule has 0 aliphatic carbocycles. The predicted octanol–water partition coefficient (Wildman–Crippen LogP) is 2.05. The van der Waals surface area contributed by atoms with Gasteiger partial charge in [-0.05, 0) is 30.7 Å². The van der Waals surface area contributed by atoms with E-state index in [-0.39, 0.29) is 29.6 Å². The van der Waals surface area contributed by atoms with Crippen LogP contribution in [0.4, 0.5) is 5.69 Å². The highest BCUT2D eigenvalue weighted by molar-refractivity contribution is 7.89. The molecule has 0 spiro atoms. The first-order valence-electron chi connectivity index (χ1n) is 8.40. The second-order valence-corrected chi connectivity index (χ2v) is 8.20. The molecular formula is C18H19N3O5S. The molecule has 1 aliphatic heterocycles. The van der Waals surface area contributed by atoms with Crippen molar-refractivity contribution in [2.75, 3.05) is 26.2 Å². The van der Waals surface area contributed by atoms with Gasteiger partial charge in [-0.1, -0.05) is 18.2 Å². The molecule has 1 aliphatic rings. The van der Waals surface area contributed by atoms with E-state index in [0.29, 0.717) is 18.7 Å². The van der Waals surface area contributed by atoms with Crippen molar-refractivity contribution >= 4 is 21.6 Å². The molecule has 2 aromatic rings. The maximum Gasteiger partial charge on any atom is 0.269 e. The van der Waals surface area contributed by atoms with Crippen molar-refractivity contribution in [3.8, 4) is 0 Å². The summed E-state index contributed by atoms with van der Waals surface area (Å²) in [5, 5.41) is 10.7. The van der Waals surface area contributed by atoms with E-state index in [1.54, 1.807) is 17.0 Å². The van der Waals surface area contributed by atoms with Gasteiger partial charge in [0.05, 0.1) is 9.82 Å². The van der Waals surface area contributed by atoms with E-state index in [0.717, 1.165) is 5.56 Å². The number of amides is 1.